The number of primary sulfonamides is 1. The van der Waals surface area contributed by atoms with Gasteiger partial charge in [0.15, 0.2) is 0 Å². The minimum atomic E-state index is -3.70. The maximum atomic E-state index is 12.2. The lowest BCUT2D eigenvalue weighted by atomic mass is 10.1. The summed E-state index contributed by atoms with van der Waals surface area (Å²) in [6.07, 6.45) is 0.542. The first-order chi connectivity index (χ1) is 11.8. The van der Waals surface area contributed by atoms with Crippen molar-refractivity contribution in [1.29, 1.82) is 0 Å². The van der Waals surface area contributed by atoms with Crippen molar-refractivity contribution in [3.05, 3.63) is 46.3 Å². The van der Waals surface area contributed by atoms with Crippen molar-refractivity contribution in [2.45, 2.75) is 11.3 Å². The van der Waals surface area contributed by atoms with Gasteiger partial charge < -0.3 is 16.0 Å². The van der Waals surface area contributed by atoms with Gasteiger partial charge in [-0.2, -0.15) is 0 Å². The van der Waals surface area contributed by atoms with Crippen LogP contribution in [0.3, 0.4) is 0 Å². The fourth-order valence-electron chi connectivity index (χ4n) is 2.36. The quantitative estimate of drug-likeness (QED) is 0.599. The maximum absolute atomic E-state index is 12.2. The predicted octanol–water partition coefficient (Wildman–Crippen LogP) is 0.481. The van der Waals surface area contributed by atoms with E-state index in [4.69, 9.17) is 5.14 Å². The first-order valence-electron chi connectivity index (χ1n) is 7.40. The third kappa shape index (κ3) is 3.98. The molecule has 2 aromatic rings. The van der Waals surface area contributed by atoms with Crippen LogP contribution in [0.4, 0.5) is 5.00 Å². The number of fused-ring (bicyclic) bond motifs is 1. The van der Waals surface area contributed by atoms with Crippen molar-refractivity contribution >= 4 is 38.2 Å². The van der Waals surface area contributed by atoms with Crippen LogP contribution in [0.1, 0.15) is 25.6 Å². The number of sulfonamides is 1. The zero-order valence-corrected chi connectivity index (χ0v) is 14.7. The van der Waals surface area contributed by atoms with E-state index < -0.39 is 10.0 Å². The van der Waals surface area contributed by atoms with E-state index in [1.54, 1.807) is 18.2 Å². The molecule has 1 aliphatic heterocycles. The summed E-state index contributed by atoms with van der Waals surface area (Å²) in [5.41, 5.74) is 1.35. The topological polar surface area (TPSA) is 130 Å². The Morgan fingerprint density at radius 1 is 1.24 bits per heavy atom. The van der Waals surface area contributed by atoms with Crippen LogP contribution in [-0.2, 0) is 16.4 Å². The van der Waals surface area contributed by atoms with Gasteiger partial charge in [-0.15, -0.1) is 11.3 Å². The highest BCUT2D eigenvalue weighted by atomic mass is 32.2. The van der Waals surface area contributed by atoms with Crippen molar-refractivity contribution in [3.8, 4) is 0 Å². The molecule has 0 radical (unpaired) electrons. The lowest BCUT2D eigenvalue weighted by Crippen LogP contribution is -2.33. The van der Waals surface area contributed by atoms with E-state index in [0.717, 1.165) is 5.56 Å². The lowest BCUT2D eigenvalue weighted by Gasteiger charge is -2.13. The normalized spacial score (nSPS) is 13.6. The number of benzene rings is 1. The molecule has 0 unspecified atom stereocenters. The van der Waals surface area contributed by atoms with Crippen LogP contribution >= 0.6 is 11.3 Å². The number of hydrogen-bond acceptors (Lipinski definition) is 6. The summed E-state index contributed by atoms with van der Waals surface area (Å²) in [5.74, 6) is -0.450. The Morgan fingerprint density at radius 3 is 2.60 bits per heavy atom. The second kappa shape index (κ2) is 6.82. The Labute approximate surface area is 148 Å². The largest absolute Gasteiger partial charge is 0.359 e. The molecular formula is C15H16N4O4S2. The fraction of sp³-hybridized carbons (Fsp3) is 0.200. The number of hydrogen-bond donors (Lipinski definition) is 4. The summed E-state index contributed by atoms with van der Waals surface area (Å²) in [7, 11) is -3.70. The van der Waals surface area contributed by atoms with Gasteiger partial charge >= 0.3 is 0 Å². The number of nitrogens with two attached hydrogens (primary N) is 1. The van der Waals surface area contributed by atoms with Crippen LogP contribution in [0.15, 0.2) is 35.2 Å². The maximum Gasteiger partial charge on any atom is 0.261 e. The molecule has 3 rings (SSSR count). The molecule has 0 saturated carbocycles. The number of thiophene rings is 1. The molecular weight excluding hydrogens is 364 g/mol. The van der Waals surface area contributed by atoms with Crippen LogP contribution in [0, 0.1) is 0 Å². The van der Waals surface area contributed by atoms with Gasteiger partial charge in [0.25, 0.3) is 11.8 Å². The highest BCUT2D eigenvalue weighted by Gasteiger charge is 2.22. The Bertz CT molecular complexity index is 920. The number of rotatable bonds is 5. The molecule has 2 amide bonds. The van der Waals surface area contributed by atoms with Gasteiger partial charge in [-0.1, -0.05) is 12.1 Å². The number of carbonyl (C=O) groups excluding carboxylic acids is 2. The Kier molecular flexibility index (Phi) is 4.75. The van der Waals surface area contributed by atoms with Crippen molar-refractivity contribution in [2.24, 2.45) is 5.14 Å². The third-order valence-electron chi connectivity index (χ3n) is 3.65. The summed E-state index contributed by atoms with van der Waals surface area (Å²) in [4.78, 5) is 24.4. The number of anilines is 1. The smallest absolute Gasteiger partial charge is 0.261 e. The first-order valence-corrected chi connectivity index (χ1v) is 9.77. The van der Waals surface area contributed by atoms with Crippen LogP contribution in [0.5, 0.6) is 0 Å². The summed E-state index contributed by atoms with van der Waals surface area (Å²) in [6.45, 7) is 0.734. The standard InChI is InChI=1S/C15H16N4O4S2/c16-25(22,23)10-3-1-9(2-4-10)5-6-17-14(21)12-7-11-13(20)18-8-19-15(11)24-12/h1-4,7,19H,5-6,8H2,(H,17,21)(H,18,20)(H2,16,22,23). The zero-order valence-electron chi connectivity index (χ0n) is 13.0. The van der Waals surface area contributed by atoms with Crippen LogP contribution < -0.4 is 21.1 Å². The SMILES string of the molecule is NS(=O)(=O)c1ccc(CCNC(=O)c2cc3c(s2)NCNC3=O)cc1. The molecule has 0 fully saturated rings. The molecule has 1 aromatic heterocycles. The van der Waals surface area contributed by atoms with Crippen molar-refractivity contribution < 1.29 is 18.0 Å². The molecule has 1 aliphatic rings. The predicted molar refractivity (Wildman–Crippen MR) is 94.1 cm³/mol. The number of nitrogens with one attached hydrogen (secondary N) is 3. The van der Waals surface area contributed by atoms with E-state index in [1.165, 1.54) is 23.5 Å². The first kappa shape index (κ1) is 17.4. The van der Waals surface area contributed by atoms with Crippen LogP contribution in [0.2, 0.25) is 0 Å². The van der Waals surface area contributed by atoms with E-state index in [0.29, 0.717) is 35.1 Å². The van der Waals surface area contributed by atoms with E-state index in [-0.39, 0.29) is 16.7 Å². The highest BCUT2D eigenvalue weighted by molar-refractivity contribution is 7.89. The Balaban J connectivity index is 1.57. The molecule has 8 nitrogen and oxygen atoms in total. The zero-order chi connectivity index (χ0) is 18.0. The highest BCUT2D eigenvalue weighted by Crippen LogP contribution is 2.29. The summed E-state index contributed by atoms with van der Waals surface area (Å²) < 4.78 is 22.4. The Hall–Kier alpha value is -2.43. The van der Waals surface area contributed by atoms with Crippen molar-refractivity contribution in [3.63, 3.8) is 0 Å². The van der Waals surface area contributed by atoms with E-state index in [9.17, 15) is 18.0 Å². The molecule has 0 saturated heterocycles. The van der Waals surface area contributed by atoms with E-state index in [2.05, 4.69) is 16.0 Å². The van der Waals surface area contributed by atoms with Gasteiger partial charge in [-0.25, -0.2) is 13.6 Å². The molecule has 0 aliphatic carbocycles. The van der Waals surface area contributed by atoms with Crippen LogP contribution in [0.25, 0.3) is 0 Å². The summed E-state index contributed by atoms with van der Waals surface area (Å²) in [5, 5.41) is 14.2. The molecule has 1 aromatic carbocycles. The van der Waals surface area contributed by atoms with E-state index >= 15 is 0 Å². The lowest BCUT2D eigenvalue weighted by molar-refractivity contribution is 0.0952. The van der Waals surface area contributed by atoms with Crippen LogP contribution in [-0.4, -0.2) is 33.4 Å². The van der Waals surface area contributed by atoms with Crippen molar-refractivity contribution in [2.75, 3.05) is 18.5 Å². The molecule has 2 heterocycles. The molecule has 5 N–H and O–H groups in total. The Morgan fingerprint density at radius 2 is 1.96 bits per heavy atom. The molecule has 0 spiro atoms. The second-order valence-corrected chi connectivity index (χ2v) is 8.02. The third-order valence-corrected chi connectivity index (χ3v) is 5.67. The van der Waals surface area contributed by atoms with Crippen molar-refractivity contribution in [1.82, 2.24) is 10.6 Å². The fourth-order valence-corrected chi connectivity index (χ4v) is 3.84. The van der Waals surface area contributed by atoms with Gasteiger partial charge in [0, 0.05) is 6.54 Å². The van der Waals surface area contributed by atoms with Gasteiger partial charge in [-0.05, 0) is 30.2 Å². The summed E-state index contributed by atoms with van der Waals surface area (Å²) in [6, 6.07) is 7.75. The number of carbonyl (C=O) groups is 2. The minimum absolute atomic E-state index is 0.0511. The van der Waals surface area contributed by atoms with Gasteiger partial charge in [0.05, 0.1) is 22.0 Å². The molecule has 25 heavy (non-hydrogen) atoms. The number of amides is 2. The monoisotopic (exact) mass is 380 g/mol. The molecule has 10 heteroatoms. The summed E-state index contributed by atoms with van der Waals surface area (Å²) >= 11 is 1.23. The van der Waals surface area contributed by atoms with Gasteiger partial charge in [0.2, 0.25) is 10.0 Å². The average molecular weight is 380 g/mol. The molecule has 132 valence electrons. The second-order valence-electron chi connectivity index (χ2n) is 5.41. The average Bonchev–Trinajstić information content (AvgIpc) is 3.00. The van der Waals surface area contributed by atoms with Gasteiger partial charge in [-0.3, -0.25) is 9.59 Å². The van der Waals surface area contributed by atoms with E-state index in [1.807, 2.05) is 0 Å². The molecule has 0 atom stereocenters. The molecule has 0 bridgehead atoms. The minimum Gasteiger partial charge on any atom is -0.359 e. The van der Waals surface area contributed by atoms with Gasteiger partial charge in [0.1, 0.15) is 5.00 Å².